The van der Waals surface area contributed by atoms with E-state index in [1.807, 2.05) is 11.8 Å². The zero-order valence-electron chi connectivity index (χ0n) is 9.26. The summed E-state index contributed by atoms with van der Waals surface area (Å²) in [4.78, 5) is 1.39. The van der Waals surface area contributed by atoms with Crippen molar-refractivity contribution in [3.05, 3.63) is 29.3 Å². The van der Waals surface area contributed by atoms with Gasteiger partial charge in [-0.1, -0.05) is 24.6 Å². The van der Waals surface area contributed by atoms with Gasteiger partial charge in [0.05, 0.1) is 0 Å². The molecule has 0 bridgehead atoms. The molecule has 0 aliphatic rings. The normalized spacial score (nSPS) is 10.5. The van der Waals surface area contributed by atoms with E-state index in [0.29, 0.717) is 0 Å². The maximum Gasteiger partial charge on any atom is 0.0216 e. The maximum absolute atomic E-state index is 3.44. The number of nitrogens with one attached hydrogen (secondary N) is 1. The van der Waals surface area contributed by atoms with Crippen molar-refractivity contribution in [2.75, 3.05) is 12.8 Å². The Morgan fingerprint density at radius 3 is 2.79 bits per heavy atom. The van der Waals surface area contributed by atoms with Gasteiger partial charge in [-0.05, 0) is 37.8 Å². The fourth-order valence-corrected chi connectivity index (χ4v) is 2.04. The number of benzene rings is 1. The van der Waals surface area contributed by atoms with Crippen LogP contribution in [0.15, 0.2) is 23.1 Å². The number of hydrogen-bond donors (Lipinski definition) is 1. The molecule has 0 atom stereocenters. The molecule has 0 saturated heterocycles. The molecule has 0 saturated carbocycles. The first-order valence-corrected chi connectivity index (χ1v) is 6.34. The molecule has 0 amide bonds. The molecule has 78 valence electrons. The highest BCUT2D eigenvalue weighted by molar-refractivity contribution is 7.98. The number of rotatable bonds is 5. The van der Waals surface area contributed by atoms with E-state index in [1.165, 1.54) is 22.4 Å². The summed E-state index contributed by atoms with van der Waals surface area (Å²) >= 11 is 1.82. The lowest BCUT2D eigenvalue weighted by molar-refractivity contribution is 0.669. The van der Waals surface area contributed by atoms with Gasteiger partial charge < -0.3 is 5.32 Å². The third kappa shape index (κ3) is 3.35. The van der Waals surface area contributed by atoms with Crippen molar-refractivity contribution < 1.29 is 0 Å². The first kappa shape index (κ1) is 11.6. The van der Waals surface area contributed by atoms with Gasteiger partial charge in [0.1, 0.15) is 0 Å². The van der Waals surface area contributed by atoms with Crippen LogP contribution in [0.2, 0.25) is 0 Å². The number of hydrogen-bond acceptors (Lipinski definition) is 2. The second-order valence-corrected chi connectivity index (χ2v) is 4.34. The molecule has 1 nitrogen and oxygen atoms in total. The average Bonchev–Trinajstić information content (AvgIpc) is 2.19. The Morgan fingerprint density at radius 2 is 2.14 bits per heavy atom. The summed E-state index contributed by atoms with van der Waals surface area (Å²) in [7, 11) is 0. The second kappa shape index (κ2) is 6.10. The van der Waals surface area contributed by atoms with E-state index in [4.69, 9.17) is 0 Å². The van der Waals surface area contributed by atoms with Crippen LogP contribution in [0.3, 0.4) is 0 Å². The molecule has 0 spiro atoms. The van der Waals surface area contributed by atoms with E-state index in [1.54, 1.807) is 0 Å². The van der Waals surface area contributed by atoms with Crippen LogP contribution >= 0.6 is 11.8 Å². The van der Waals surface area contributed by atoms with E-state index in [0.717, 1.165) is 13.1 Å². The van der Waals surface area contributed by atoms with E-state index < -0.39 is 0 Å². The minimum absolute atomic E-state index is 0.992. The average molecular weight is 209 g/mol. The van der Waals surface area contributed by atoms with Gasteiger partial charge in [0.15, 0.2) is 0 Å². The van der Waals surface area contributed by atoms with Gasteiger partial charge >= 0.3 is 0 Å². The topological polar surface area (TPSA) is 12.0 Å². The highest BCUT2D eigenvalue weighted by Gasteiger charge is 2.00. The van der Waals surface area contributed by atoms with E-state index in [9.17, 15) is 0 Å². The van der Waals surface area contributed by atoms with Crippen molar-refractivity contribution in [2.24, 2.45) is 0 Å². The quantitative estimate of drug-likeness (QED) is 0.590. The van der Waals surface area contributed by atoms with Gasteiger partial charge in [-0.3, -0.25) is 0 Å². The smallest absolute Gasteiger partial charge is 0.0216 e. The molecule has 0 aromatic heterocycles. The van der Waals surface area contributed by atoms with Gasteiger partial charge in [-0.2, -0.15) is 0 Å². The lowest BCUT2D eigenvalue weighted by Gasteiger charge is -2.09. The molecule has 1 rings (SSSR count). The van der Waals surface area contributed by atoms with E-state index in [2.05, 4.69) is 43.6 Å². The summed E-state index contributed by atoms with van der Waals surface area (Å²) in [5.74, 6) is 0. The summed E-state index contributed by atoms with van der Waals surface area (Å²) in [6, 6.07) is 6.66. The van der Waals surface area contributed by atoms with Crippen LogP contribution < -0.4 is 5.32 Å². The van der Waals surface area contributed by atoms with Gasteiger partial charge in [-0.15, -0.1) is 11.8 Å². The molecule has 0 aliphatic carbocycles. The summed E-state index contributed by atoms with van der Waals surface area (Å²) in [5.41, 5.74) is 2.77. The van der Waals surface area contributed by atoms with Crippen molar-refractivity contribution >= 4 is 11.8 Å². The maximum atomic E-state index is 3.44. The van der Waals surface area contributed by atoms with Crippen LogP contribution in [0, 0.1) is 6.92 Å². The molecule has 0 unspecified atom stereocenters. The molecule has 1 N–H and O–H groups in total. The number of aryl methyl sites for hydroxylation is 1. The Kier molecular flexibility index (Phi) is 5.05. The fraction of sp³-hybridized carbons (Fsp3) is 0.500. The Morgan fingerprint density at radius 1 is 1.36 bits per heavy atom. The highest BCUT2D eigenvalue weighted by atomic mass is 32.2. The fourth-order valence-electron chi connectivity index (χ4n) is 1.45. The van der Waals surface area contributed by atoms with Crippen LogP contribution in [0.25, 0.3) is 0 Å². The summed E-state index contributed by atoms with van der Waals surface area (Å²) in [6.07, 6.45) is 3.33. The number of thioether (sulfide) groups is 1. The van der Waals surface area contributed by atoms with Crippen molar-refractivity contribution in [3.63, 3.8) is 0 Å². The minimum atomic E-state index is 0.992. The molecule has 0 fully saturated rings. The molecular weight excluding hydrogens is 190 g/mol. The zero-order valence-corrected chi connectivity index (χ0v) is 10.1. The van der Waals surface area contributed by atoms with E-state index >= 15 is 0 Å². The second-order valence-electron chi connectivity index (χ2n) is 3.49. The zero-order chi connectivity index (χ0) is 10.4. The lowest BCUT2D eigenvalue weighted by Crippen LogP contribution is -2.14. The summed E-state index contributed by atoms with van der Waals surface area (Å²) in [5, 5.41) is 3.44. The predicted octanol–water partition coefficient (Wildman–Crippen LogP) is 3.22. The SMILES string of the molecule is CCCNCc1cc(C)ccc1SC. The van der Waals surface area contributed by atoms with Crippen molar-refractivity contribution in [1.29, 1.82) is 0 Å². The van der Waals surface area contributed by atoms with Crippen LogP contribution in [-0.4, -0.2) is 12.8 Å². The van der Waals surface area contributed by atoms with Crippen LogP contribution in [0.4, 0.5) is 0 Å². The molecule has 0 aliphatic heterocycles. The van der Waals surface area contributed by atoms with Gasteiger partial charge in [0.25, 0.3) is 0 Å². The Hall–Kier alpha value is -0.470. The van der Waals surface area contributed by atoms with Gasteiger partial charge in [-0.25, -0.2) is 0 Å². The van der Waals surface area contributed by atoms with Gasteiger partial charge in [0.2, 0.25) is 0 Å². The summed E-state index contributed by atoms with van der Waals surface area (Å²) in [6.45, 7) is 6.43. The predicted molar refractivity (Wildman–Crippen MR) is 65.0 cm³/mol. The van der Waals surface area contributed by atoms with Crippen LogP contribution in [0.5, 0.6) is 0 Å². The third-order valence-electron chi connectivity index (χ3n) is 2.18. The van der Waals surface area contributed by atoms with Crippen LogP contribution in [0.1, 0.15) is 24.5 Å². The Bertz CT molecular complexity index is 284. The van der Waals surface area contributed by atoms with Crippen molar-refractivity contribution in [2.45, 2.75) is 31.7 Å². The van der Waals surface area contributed by atoms with E-state index in [-0.39, 0.29) is 0 Å². The van der Waals surface area contributed by atoms with Crippen molar-refractivity contribution in [1.82, 2.24) is 5.32 Å². The molecule has 14 heavy (non-hydrogen) atoms. The molecule has 0 radical (unpaired) electrons. The standard InChI is InChI=1S/C12H19NS/c1-4-7-13-9-11-8-10(2)5-6-12(11)14-3/h5-6,8,13H,4,7,9H2,1-3H3. The molecule has 2 heteroatoms. The van der Waals surface area contributed by atoms with Crippen LogP contribution in [-0.2, 0) is 6.54 Å². The molecule has 1 aromatic carbocycles. The third-order valence-corrected chi connectivity index (χ3v) is 3.02. The van der Waals surface area contributed by atoms with Crippen molar-refractivity contribution in [3.8, 4) is 0 Å². The molecule has 1 aromatic rings. The highest BCUT2D eigenvalue weighted by Crippen LogP contribution is 2.21. The Balaban J connectivity index is 2.67. The first-order valence-electron chi connectivity index (χ1n) is 5.12. The Labute approximate surface area is 91.3 Å². The monoisotopic (exact) mass is 209 g/mol. The summed E-state index contributed by atoms with van der Waals surface area (Å²) < 4.78 is 0. The first-order chi connectivity index (χ1) is 6.77. The molecule has 0 heterocycles. The molecular formula is C12H19NS. The largest absolute Gasteiger partial charge is 0.313 e. The van der Waals surface area contributed by atoms with Gasteiger partial charge in [0, 0.05) is 11.4 Å². The minimum Gasteiger partial charge on any atom is -0.313 e. The lowest BCUT2D eigenvalue weighted by atomic mass is 10.1.